The molecule has 0 saturated carbocycles. The lowest BCUT2D eigenvalue weighted by molar-refractivity contribution is 0.368. The van der Waals surface area contributed by atoms with E-state index in [2.05, 4.69) is 32.3 Å². The molecule has 1 N–H and O–H groups in total. The lowest BCUT2D eigenvalue weighted by Gasteiger charge is -1.95. The van der Waals surface area contributed by atoms with Crippen molar-refractivity contribution >= 4 is 0 Å². The van der Waals surface area contributed by atoms with Gasteiger partial charge in [-0.15, -0.1) is 0 Å². The summed E-state index contributed by atoms with van der Waals surface area (Å²) in [6, 6.07) is 1.74. The van der Waals surface area contributed by atoms with E-state index in [0.29, 0.717) is 24.1 Å². The van der Waals surface area contributed by atoms with E-state index >= 15 is 0 Å². The normalized spacial score (nSPS) is 10.6. The topological polar surface area (TPSA) is 76.7 Å². The van der Waals surface area contributed by atoms with Gasteiger partial charge in [0.1, 0.15) is 0 Å². The van der Waals surface area contributed by atoms with Gasteiger partial charge in [0, 0.05) is 12.4 Å². The van der Waals surface area contributed by atoms with Crippen molar-refractivity contribution in [1.29, 1.82) is 0 Å². The summed E-state index contributed by atoms with van der Waals surface area (Å²) >= 11 is 0. The largest absolute Gasteiger partial charge is 0.337 e. The summed E-state index contributed by atoms with van der Waals surface area (Å²) in [5.74, 6) is 1.46. The molecule has 0 aliphatic rings. The molecule has 0 aliphatic heterocycles. The maximum absolute atomic E-state index is 5.06. The van der Waals surface area contributed by atoms with Gasteiger partial charge in [-0.1, -0.05) is 12.1 Å². The molecule has 0 bridgehead atoms. The van der Waals surface area contributed by atoms with Crippen LogP contribution in [0.3, 0.4) is 0 Å². The highest BCUT2D eigenvalue weighted by Gasteiger charge is 2.09. The van der Waals surface area contributed by atoms with Crippen molar-refractivity contribution in [3.05, 3.63) is 24.4 Å². The molecule has 0 aromatic carbocycles. The summed E-state index contributed by atoms with van der Waals surface area (Å²) in [7, 11) is 0. The van der Waals surface area contributed by atoms with Crippen molar-refractivity contribution in [1.82, 2.24) is 25.4 Å². The SMILES string of the molecule is CCCNCc1nc(-c2ncccn2)no1. The van der Waals surface area contributed by atoms with Crippen LogP contribution in [0.15, 0.2) is 23.0 Å². The zero-order valence-corrected chi connectivity index (χ0v) is 9.05. The fourth-order valence-electron chi connectivity index (χ4n) is 1.20. The van der Waals surface area contributed by atoms with Crippen LogP contribution in [0, 0.1) is 0 Å². The molecule has 2 aromatic rings. The van der Waals surface area contributed by atoms with Crippen LogP contribution in [0.4, 0.5) is 0 Å². The average molecular weight is 219 g/mol. The predicted molar refractivity (Wildman–Crippen MR) is 57.3 cm³/mol. The van der Waals surface area contributed by atoms with E-state index in [4.69, 9.17) is 4.52 Å². The summed E-state index contributed by atoms with van der Waals surface area (Å²) < 4.78 is 5.06. The Morgan fingerprint density at radius 2 is 2.06 bits per heavy atom. The van der Waals surface area contributed by atoms with Crippen LogP contribution in [0.2, 0.25) is 0 Å². The van der Waals surface area contributed by atoms with Gasteiger partial charge in [-0.2, -0.15) is 4.98 Å². The number of aromatic nitrogens is 4. The first-order valence-electron chi connectivity index (χ1n) is 5.21. The van der Waals surface area contributed by atoms with Gasteiger partial charge >= 0.3 is 0 Å². The molecule has 0 aliphatic carbocycles. The number of nitrogens with one attached hydrogen (secondary N) is 1. The third kappa shape index (κ3) is 2.60. The second-order valence-corrected chi connectivity index (χ2v) is 3.26. The minimum absolute atomic E-state index is 0.425. The molecule has 0 radical (unpaired) electrons. The number of hydrogen-bond acceptors (Lipinski definition) is 6. The van der Waals surface area contributed by atoms with Gasteiger partial charge in [0.05, 0.1) is 6.54 Å². The van der Waals surface area contributed by atoms with Gasteiger partial charge in [-0.05, 0) is 19.0 Å². The summed E-state index contributed by atoms with van der Waals surface area (Å²) in [4.78, 5) is 12.3. The van der Waals surface area contributed by atoms with Crippen LogP contribution in [-0.2, 0) is 6.54 Å². The Labute approximate surface area is 93.1 Å². The first-order chi connectivity index (χ1) is 7.90. The molecule has 6 nitrogen and oxygen atoms in total. The van der Waals surface area contributed by atoms with E-state index in [1.165, 1.54) is 0 Å². The molecule has 2 rings (SSSR count). The Kier molecular flexibility index (Phi) is 3.55. The summed E-state index contributed by atoms with van der Waals surface area (Å²) in [6.45, 7) is 3.61. The van der Waals surface area contributed by atoms with Crippen LogP contribution in [0.25, 0.3) is 11.6 Å². The number of nitrogens with zero attached hydrogens (tertiary/aromatic N) is 4. The van der Waals surface area contributed by atoms with Crippen LogP contribution in [-0.4, -0.2) is 26.7 Å². The lowest BCUT2D eigenvalue weighted by Crippen LogP contribution is -2.13. The van der Waals surface area contributed by atoms with Crippen molar-refractivity contribution in [3.63, 3.8) is 0 Å². The molecule has 2 heterocycles. The van der Waals surface area contributed by atoms with E-state index < -0.39 is 0 Å². The molecular formula is C10H13N5O. The molecule has 0 amide bonds. The zero-order chi connectivity index (χ0) is 11.2. The maximum atomic E-state index is 5.06. The van der Waals surface area contributed by atoms with E-state index in [9.17, 15) is 0 Å². The van der Waals surface area contributed by atoms with Crippen molar-refractivity contribution in [2.24, 2.45) is 0 Å². The van der Waals surface area contributed by atoms with Gasteiger partial charge < -0.3 is 9.84 Å². The molecule has 6 heteroatoms. The molecule has 0 spiro atoms. The van der Waals surface area contributed by atoms with Crippen molar-refractivity contribution in [2.75, 3.05) is 6.54 Å². The third-order valence-corrected chi connectivity index (χ3v) is 1.94. The molecule has 0 unspecified atom stereocenters. The van der Waals surface area contributed by atoms with Gasteiger partial charge in [0.25, 0.3) is 0 Å². The Morgan fingerprint density at radius 3 is 2.81 bits per heavy atom. The summed E-state index contributed by atoms with van der Waals surface area (Å²) in [5, 5.41) is 6.99. The van der Waals surface area contributed by atoms with E-state index in [1.807, 2.05) is 0 Å². The molecule has 16 heavy (non-hydrogen) atoms. The lowest BCUT2D eigenvalue weighted by atomic mass is 10.5. The van der Waals surface area contributed by atoms with Crippen molar-refractivity contribution in [3.8, 4) is 11.6 Å². The molecule has 84 valence electrons. The van der Waals surface area contributed by atoms with Gasteiger partial charge in [-0.3, -0.25) is 0 Å². The van der Waals surface area contributed by atoms with Gasteiger partial charge in [-0.25, -0.2) is 9.97 Å². The van der Waals surface area contributed by atoms with Gasteiger partial charge in [0.2, 0.25) is 17.5 Å². The van der Waals surface area contributed by atoms with Crippen LogP contribution in [0.1, 0.15) is 19.2 Å². The van der Waals surface area contributed by atoms with Crippen molar-refractivity contribution in [2.45, 2.75) is 19.9 Å². The van der Waals surface area contributed by atoms with Gasteiger partial charge in [0.15, 0.2) is 0 Å². The summed E-state index contributed by atoms with van der Waals surface area (Å²) in [5.41, 5.74) is 0. The van der Waals surface area contributed by atoms with Crippen LogP contribution < -0.4 is 5.32 Å². The highest BCUT2D eigenvalue weighted by atomic mass is 16.5. The Hall–Kier alpha value is -1.82. The fourth-order valence-corrected chi connectivity index (χ4v) is 1.20. The Balaban J connectivity index is 2.02. The average Bonchev–Trinajstić information content (AvgIpc) is 2.79. The minimum Gasteiger partial charge on any atom is -0.337 e. The molecule has 2 aromatic heterocycles. The molecular weight excluding hydrogens is 206 g/mol. The van der Waals surface area contributed by atoms with Crippen LogP contribution in [0.5, 0.6) is 0 Å². The number of hydrogen-bond donors (Lipinski definition) is 1. The summed E-state index contributed by atoms with van der Waals surface area (Å²) in [6.07, 6.45) is 4.37. The second kappa shape index (κ2) is 5.32. The monoisotopic (exact) mass is 219 g/mol. The highest BCUT2D eigenvalue weighted by Crippen LogP contribution is 2.08. The quantitative estimate of drug-likeness (QED) is 0.757. The van der Waals surface area contributed by atoms with Crippen LogP contribution >= 0.6 is 0 Å². The van der Waals surface area contributed by atoms with E-state index in [-0.39, 0.29) is 0 Å². The maximum Gasteiger partial charge on any atom is 0.241 e. The highest BCUT2D eigenvalue weighted by molar-refractivity contribution is 5.40. The third-order valence-electron chi connectivity index (χ3n) is 1.94. The van der Waals surface area contributed by atoms with E-state index in [1.54, 1.807) is 18.5 Å². The first kappa shape index (κ1) is 10.7. The standard InChI is InChI=1S/C10H13N5O/c1-2-4-11-7-8-14-10(15-16-8)9-12-5-3-6-13-9/h3,5-6,11H,2,4,7H2,1H3. The minimum atomic E-state index is 0.425. The smallest absolute Gasteiger partial charge is 0.241 e. The Morgan fingerprint density at radius 1 is 1.25 bits per heavy atom. The fraction of sp³-hybridized carbons (Fsp3) is 0.400. The predicted octanol–water partition coefficient (Wildman–Crippen LogP) is 1.03. The van der Waals surface area contributed by atoms with Crippen molar-refractivity contribution < 1.29 is 4.52 Å². The molecule has 0 atom stereocenters. The number of rotatable bonds is 5. The van der Waals surface area contributed by atoms with E-state index in [0.717, 1.165) is 13.0 Å². The molecule has 0 saturated heterocycles. The molecule has 0 fully saturated rings. The zero-order valence-electron chi connectivity index (χ0n) is 9.05. The first-order valence-corrected chi connectivity index (χ1v) is 5.21. The Bertz CT molecular complexity index is 428. The second-order valence-electron chi connectivity index (χ2n) is 3.26.